The van der Waals surface area contributed by atoms with E-state index in [1.54, 1.807) is 17.5 Å². The van der Waals surface area contributed by atoms with Crippen LogP contribution in [-0.2, 0) is 0 Å². The molecular weight excluding hydrogens is 294 g/mol. The van der Waals surface area contributed by atoms with Crippen molar-refractivity contribution in [2.75, 3.05) is 11.9 Å². The molecule has 2 N–H and O–H groups in total. The largest absolute Gasteiger partial charge is 0.360 e. The van der Waals surface area contributed by atoms with Crippen molar-refractivity contribution in [2.24, 2.45) is 0 Å². The quantitative estimate of drug-likeness (QED) is 0.857. The average Bonchev–Trinajstić information content (AvgIpc) is 3.05. The van der Waals surface area contributed by atoms with Crippen molar-refractivity contribution in [3.05, 3.63) is 21.1 Å². The summed E-state index contributed by atoms with van der Waals surface area (Å²) in [5, 5.41) is 15.8. The second-order valence-electron chi connectivity index (χ2n) is 4.34. The highest BCUT2D eigenvalue weighted by Crippen LogP contribution is 2.20. The van der Waals surface area contributed by atoms with Crippen LogP contribution in [0.15, 0.2) is 6.20 Å². The van der Waals surface area contributed by atoms with Crippen molar-refractivity contribution < 1.29 is 4.79 Å². The van der Waals surface area contributed by atoms with Gasteiger partial charge in [0.05, 0.1) is 6.04 Å². The maximum atomic E-state index is 12.1. The fourth-order valence-corrected chi connectivity index (χ4v) is 2.96. The van der Waals surface area contributed by atoms with Crippen molar-refractivity contribution >= 4 is 33.7 Å². The highest BCUT2D eigenvalue weighted by molar-refractivity contribution is 7.17. The molecule has 0 radical (unpaired) electrons. The molecule has 0 spiro atoms. The SMILES string of the molecule is CCCNc1nnc(C(=O)NC(C)c2ncc(C)s2)s1. The van der Waals surface area contributed by atoms with E-state index in [9.17, 15) is 4.79 Å². The summed E-state index contributed by atoms with van der Waals surface area (Å²) in [4.78, 5) is 17.5. The third kappa shape index (κ3) is 3.73. The van der Waals surface area contributed by atoms with Crippen LogP contribution in [0.3, 0.4) is 0 Å². The van der Waals surface area contributed by atoms with Gasteiger partial charge in [0.25, 0.3) is 5.91 Å². The van der Waals surface area contributed by atoms with Gasteiger partial charge < -0.3 is 10.6 Å². The Labute approximate surface area is 125 Å². The van der Waals surface area contributed by atoms with Crippen molar-refractivity contribution in [1.29, 1.82) is 0 Å². The Kier molecular flexibility index (Phi) is 5.02. The lowest BCUT2D eigenvalue weighted by molar-refractivity contribution is 0.0938. The number of hydrogen-bond donors (Lipinski definition) is 2. The van der Waals surface area contributed by atoms with Gasteiger partial charge in [0.1, 0.15) is 5.01 Å². The van der Waals surface area contributed by atoms with Gasteiger partial charge in [-0.1, -0.05) is 18.3 Å². The van der Waals surface area contributed by atoms with E-state index in [2.05, 4.69) is 32.7 Å². The van der Waals surface area contributed by atoms with Gasteiger partial charge in [-0.3, -0.25) is 4.79 Å². The molecule has 0 aliphatic rings. The van der Waals surface area contributed by atoms with Crippen LogP contribution in [0.5, 0.6) is 0 Å². The second kappa shape index (κ2) is 6.76. The number of aryl methyl sites for hydroxylation is 1. The Morgan fingerprint density at radius 3 is 2.85 bits per heavy atom. The van der Waals surface area contributed by atoms with Crippen LogP contribution >= 0.6 is 22.7 Å². The maximum Gasteiger partial charge on any atom is 0.282 e. The van der Waals surface area contributed by atoms with Crippen LogP contribution in [0.4, 0.5) is 5.13 Å². The summed E-state index contributed by atoms with van der Waals surface area (Å²) in [5.74, 6) is -0.215. The third-order valence-electron chi connectivity index (χ3n) is 2.50. The molecule has 0 saturated heterocycles. The first-order valence-electron chi connectivity index (χ1n) is 6.40. The molecule has 20 heavy (non-hydrogen) atoms. The van der Waals surface area contributed by atoms with Gasteiger partial charge in [0.15, 0.2) is 0 Å². The number of thiazole rings is 1. The summed E-state index contributed by atoms with van der Waals surface area (Å²) in [6, 6.07) is -0.128. The molecule has 0 aliphatic heterocycles. The summed E-state index contributed by atoms with van der Waals surface area (Å²) in [7, 11) is 0. The minimum absolute atomic E-state index is 0.128. The molecule has 1 atom stereocenters. The standard InChI is InChI=1S/C12H17N5OS2/c1-4-5-13-12-17-16-11(20-12)9(18)15-8(3)10-14-6-7(2)19-10/h6,8H,4-5H2,1-3H3,(H,13,17)(H,15,18). The first-order chi connectivity index (χ1) is 9.60. The Balaban J connectivity index is 1.95. The molecule has 2 rings (SSSR count). The Bertz CT molecular complexity index is 580. The van der Waals surface area contributed by atoms with Gasteiger partial charge in [0, 0.05) is 17.6 Å². The lowest BCUT2D eigenvalue weighted by Gasteiger charge is -2.08. The Morgan fingerprint density at radius 2 is 2.20 bits per heavy atom. The van der Waals surface area contributed by atoms with Gasteiger partial charge in [-0.2, -0.15) is 0 Å². The van der Waals surface area contributed by atoms with Crippen LogP contribution in [0, 0.1) is 6.92 Å². The molecule has 1 unspecified atom stereocenters. The van der Waals surface area contributed by atoms with E-state index in [0.29, 0.717) is 10.1 Å². The molecule has 2 aromatic heterocycles. The summed E-state index contributed by atoms with van der Waals surface area (Å²) in [6.45, 7) is 6.80. The maximum absolute atomic E-state index is 12.1. The van der Waals surface area contributed by atoms with Crippen LogP contribution in [-0.4, -0.2) is 27.6 Å². The molecule has 2 aromatic rings. The zero-order chi connectivity index (χ0) is 14.5. The van der Waals surface area contributed by atoms with E-state index in [-0.39, 0.29) is 11.9 Å². The van der Waals surface area contributed by atoms with Gasteiger partial charge >= 0.3 is 0 Å². The van der Waals surface area contributed by atoms with Crippen LogP contribution in [0.1, 0.15) is 46.0 Å². The number of nitrogens with zero attached hydrogens (tertiary/aromatic N) is 3. The zero-order valence-corrected chi connectivity index (χ0v) is 13.3. The first kappa shape index (κ1) is 14.9. The molecule has 1 amide bonds. The predicted octanol–water partition coefficient (Wildman–Crippen LogP) is 2.62. The molecule has 6 nitrogen and oxygen atoms in total. The molecule has 8 heteroatoms. The summed E-state index contributed by atoms with van der Waals surface area (Å²) < 4.78 is 0. The molecule has 0 bridgehead atoms. The van der Waals surface area contributed by atoms with Crippen molar-refractivity contribution in [3.8, 4) is 0 Å². The Hall–Kier alpha value is -1.54. The number of carbonyl (C=O) groups is 1. The highest BCUT2D eigenvalue weighted by atomic mass is 32.1. The third-order valence-corrected chi connectivity index (χ3v) is 4.48. The number of amides is 1. The van der Waals surface area contributed by atoms with E-state index >= 15 is 0 Å². The summed E-state index contributed by atoms with van der Waals surface area (Å²) in [5.41, 5.74) is 0. The van der Waals surface area contributed by atoms with Crippen molar-refractivity contribution in [1.82, 2.24) is 20.5 Å². The van der Waals surface area contributed by atoms with Crippen molar-refractivity contribution in [2.45, 2.75) is 33.2 Å². The molecule has 108 valence electrons. The molecule has 2 heterocycles. The van der Waals surface area contributed by atoms with Crippen LogP contribution in [0.2, 0.25) is 0 Å². The molecule has 0 aliphatic carbocycles. The average molecular weight is 311 g/mol. The van der Waals surface area contributed by atoms with E-state index in [1.165, 1.54) is 11.3 Å². The monoisotopic (exact) mass is 311 g/mol. The molecule has 0 aromatic carbocycles. The lowest BCUT2D eigenvalue weighted by atomic mass is 10.3. The smallest absolute Gasteiger partial charge is 0.282 e. The summed E-state index contributed by atoms with van der Waals surface area (Å²) in [6.07, 6.45) is 2.81. The topological polar surface area (TPSA) is 79.8 Å². The van der Waals surface area contributed by atoms with E-state index in [1.807, 2.05) is 13.8 Å². The zero-order valence-electron chi connectivity index (χ0n) is 11.6. The van der Waals surface area contributed by atoms with Gasteiger partial charge in [-0.05, 0) is 20.3 Å². The van der Waals surface area contributed by atoms with Gasteiger partial charge in [0.2, 0.25) is 10.1 Å². The fourth-order valence-electron chi connectivity index (χ4n) is 1.51. The molecular formula is C12H17N5OS2. The number of anilines is 1. The number of carbonyl (C=O) groups excluding carboxylic acids is 1. The van der Waals surface area contributed by atoms with Gasteiger partial charge in [-0.25, -0.2) is 4.98 Å². The van der Waals surface area contributed by atoms with Crippen LogP contribution < -0.4 is 10.6 Å². The summed E-state index contributed by atoms with van der Waals surface area (Å²) >= 11 is 2.84. The number of nitrogens with one attached hydrogen (secondary N) is 2. The Morgan fingerprint density at radius 1 is 1.40 bits per heavy atom. The van der Waals surface area contributed by atoms with Gasteiger partial charge in [-0.15, -0.1) is 21.5 Å². The van der Waals surface area contributed by atoms with Crippen LogP contribution in [0.25, 0.3) is 0 Å². The van der Waals surface area contributed by atoms with E-state index in [4.69, 9.17) is 0 Å². The van der Waals surface area contributed by atoms with E-state index in [0.717, 1.165) is 22.9 Å². The number of aromatic nitrogens is 3. The minimum Gasteiger partial charge on any atom is -0.360 e. The predicted molar refractivity (Wildman–Crippen MR) is 81.4 cm³/mol. The lowest BCUT2D eigenvalue weighted by Crippen LogP contribution is -2.26. The fraction of sp³-hybridized carbons (Fsp3) is 0.500. The highest BCUT2D eigenvalue weighted by Gasteiger charge is 2.17. The number of hydrogen-bond acceptors (Lipinski definition) is 7. The minimum atomic E-state index is -0.215. The first-order valence-corrected chi connectivity index (χ1v) is 8.04. The molecule has 0 fully saturated rings. The number of rotatable bonds is 6. The van der Waals surface area contributed by atoms with Crippen molar-refractivity contribution in [3.63, 3.8) is 0 Å². The second-order valence-corrected chi connectivity index (χ2v) is 6.59. The normalized spacial score (nSPS) is 12.2. The molecule has 0 saturated carbocycles. The van der Waals surface area contributed by atoms with E-state index < -0.39 is 0 Å².